The van der Waals surface area contributed by atoms with Gasteiger partial charge in [0.15, 0.2) is 0 Å². The highest BCUT2D eigenvalue weighted by Gasteiger charge is 2.14. The van der Waals surface area contributed by atoms with Crippen LogP contribution in [0.4, 0.5) is 0 Å². The summed E-state index contributed by atoms with van der Waals surface area (Å²) in [5.74, 6) is 0.543. The van der Waals surface area contributed by atoms with E-state index in [1.807, 2.05) is 11.7 Å². The Morgan fingerprint density at radius 3 is 2.23 bits per heavy atom. The van der Waals surface area contributed by atoms with Crippen molar-refractivity contribution in [3.05, 3.63) is 17.0 Å². The van der Waals surface area contributed by atoms with E-state index in [4.69, 9.17) is 0 Å². The fourth-order valence-electron chi connectivity index (χ4n) is 1.92. The minimum absolute atomic E-state index is 0.543. The van der Waals surface area contributed by atoms with Crippen molar-refractivity contribution in [2.75, 3.05) is 0 Å². The molecule has 0 fully saturated rings. The lowest BCUT2D eigenvalue weighted by Gasteiger charge is -2.03. The van der Waals surface area contributed by atoms with E-state index in [0.29, 0.717) is 5.92 Å². The molecule has 1 rings (SSSR count). The first kappa shape index (κ1) is 10.3. The summed E-state index contributed by atoms with van der Waals surface area (Å²) in [5, 5.41) is 4.57. The molecule has 0 bridgehead atoms. The van der Waals surface area contributed by atoms with Crippen LogP contribution in [0.5, 0.6) is 0 Å². The van der Waals surface area contributed by atoms with Gasteiger partial charge in [0.05, 0.1) is 5.69 Å². The minimum Gasteiger partial charge on any atom is -0.272 e. The van der Waals surface area contributed by atoms with Crippen LogP contribution in [0.15, 0.2) is 0 Å². The van der Waals surface area contributed by atoms with E-state index in [1.54, 1.807) is 0 Å². The van der Waals surface area contributed by atoms with Gasteiger partial charge in [-0.3, -0.25) is 4.68 Å². The summed E-state index contributed by atoms with van der Waals surface area (Å²) in [4.78, 5) is 0. The molecule has 0 saturated carbocycles. The molecule has 0 aliphatic rings. The monoisotopic (exact) mass is 180 g/mol. The molecular weight excluding hydrogens is 160 g/mol. The Hall–Kier alpha value is -0.790. The Balaban J connectivity index is 3.21. The van der Waals surface area contributed by atoms with Crippen molar-refractivity contribution in [2.45, 2.75) is 46.5 Å². The van der Waals surface area contributed by atoms with Gasteiger partial charge in [0.25, 0.3) is 0 Å². The third kappa shape index (κ3) is 1.77. The lowest BCUT2D eigenvalue weighted by molar-refractivity contribution is 0.685. The van der Waals surface area contributed by atoms with Gasteiger partial charge in [-0.1, -0.05) is 27.7 Å². The molecule has 0 aromatic carbocycles. The van der Waals surface area contributed by atoms with Crippen LogP contribution in [0.25, 0.3) is 0 Å². The Labute approximate surface area is 81.0 Å². The van der Waals surface area contributed by atoms with E-state index in [0.717, 1.165) is 12.8 Å². The average molecular weight is 180 g/mol. The van der Waals surface area contributed by atoms with Crippen molar-refractivity contribution in [1.29, 1.82) is 0 Å². The standard InChI is InChI=1S/C11H20N2/c1-6-9-10(7-2)13(5)12-11(9)8(3)4/h8H,6-7H2,1-5H3. The topological polar surface area (TPSA) is 17.8 Å². The van der Waals surface area contributed by atoms with E-state index < -0.39 is 0 Å². The van der Waals surface area contributed by atoms with Gasteiger partial charge in [0, 0.05) is 12.7 Å². The number of hydrogen-bond acceptors (Lipinski definition) is 1. The summed E-state index contributed by atoms with van der Waals surface area (Å²) in [7, 11) is 2.05. The Bertz CT molecular complexity index is 285. The van der Waals surface area contributed by atoms with Crippen molar-refractivity contribution < 1.29 is 0 Å². The maximum absolute atomic E-state index is 4.57. The number of nitrogens with zero attached hydrogens (tertiary/aromatic N) is 2. The number of rotatable bonds is 3. The van der Waals surface area contributed by atoms with E-state index in [9.17, 15) is 0 Å². The predicted octanol–water partition coefficient (Wildman–Crippen LogP) is 2.67. The van der Waals surface area contributed by atoms with Gasteiger partial charge in [-0.05, 0) is 24.3 Å². The molecule has 0 radical (unpaired) electrons. The quantitative estimate of drug-likeness (QED) is 0.699. The van der Waals surface area contributed by atoms with Crippen molar-refractivity contribution in [1.82, 2.24) is 9.78 Å². The maximum atomic E-state index is 4.57. The van der Waals surface area contributed by atoms with Gasteiger partial charge < -0.3 is 0 Å². The Kier molecular flexibility index (Phi) is 3.12. The van der Waals surface area contributed by atoms with Crippen LogP contribution in [-0.2, 0) is 19.9 Å². The zero-order valence-corrected chi connectivity index (χ0v) is 9.39. The summed E-state index contributed by atoms with van der Waals surface area (Å²) in [6, 6.07) is 0. The zero-order chi connectivity index (χ0) is 10.0. The van der Waals surface area contributed by atoms with Crippen molar-refractivity contribution >= 4 is 0 Å². The van der Waals surface area contributed by atoms with Crippen molar-refractivity contribution in [2.24, 2.45) is 7.05 Å². The zero-order valence-electron chi connectivity index (χ0n) is 9.39. The lowest BCUT2D eigenvalue weighted by Crippen LogP contribution is -1.97. The van der Waals surface area contributed by atoms with Gasteiger partial charge in [0.1, 0.15) is 0 Å². The van der Waals surface area contributed by atoms with Crippen molar-refractivity contribution in [3.63, 3.8) is 0 Å². The molecule has 0 aliphatic carbocycles. The molecule has 2 nitrogen and oxygen atoms in total. The lowest BCUT2D eigenvalue weighted by atomic mass is 10.0. The molecule has 0 N–H and O–H groups in total. The summed E-state index contributed by atoms with van der Waals surface area (Å²) >= 11 is 0. The van der Waals surface area contributed by atoms with Crippen LogP contribution in [0.1, 0.15) is 50.6 Å². The van der Waals surface area contributed by atoms with E-state index in [2.05, 4.69) is 32.8 Å². The van der Waals surface area contributed by atoms with Gasteiger partial charge in [-0.2, -0.15) is 5.10 Å². The van der Waals surface area contributed by atoms with Crippen LogP contribution in [0.2, 0.25) is 0 Å². The predicted molar refractivity (Wildman–Crippen MR) is 56.1 cm³/mol. The van der Waals surface area contributed by atoms with Gasteiger partial charge in [-0.25, -0.2) is 0 Å². The van der Waals surface area contributed by atoms with Crippen LogP contribution >= 0.6 is 0 Å². The van der Waals surface area contributed by atoms with Crippen LogP contribution in [0.3, 0.4) is 0 Å². The minimum atomic E-state index is 0.543. The number of aryl methyl sites for hydroxylation is 1. The normalized spacial score (nSPS) is 11.2. The molecule has 0 amide bonds. The van der Waals surface area contributed by atoms with E-state index in [1.165, 1.54) is 17.0 Å². The summed E-state index contributed by atoms with van der Waals surface area (Å²) in [6.07, 6.45) is 2.18. The Morgan fingerprint density at radius 1 is 1.23 bits per heavy atom. The van der Waals surface area contributed by atoms with Crippen LogP contribution in [0, 0.1) is 0 Å². The van der Waals surface area contributed by atoms with E-state index in [-0.39, 0.29) is 0 Å². The van der Waals surface area contributed by atoms with E-state index >= 15 is 0 Å². The molecule has 74 valence electrons. The largest absolute Gasteiger partial charge is 0.272 e. The van der Waals surface area contributed by atoms with Crippen molar-refractivity contribution in [3.8, 4) is 0 Å². The Morgan fingerprint density at radius 2 is 1.85 bits per heavy atom. The first-order valence-corrected chi connectivity index (χ1v) is 5.16. The molecular formula is C11H20N2. The molecule has 1 heterocycles. The fraction of sp³-hybridized carbons (Fsp3) is 0.727. The SMILES string of the molecule is CCc1c(C(C)C)nn(C)c1CC. The van der Waals surface area contributed by atoms with Gasteiger partial charge in [0.2, 0.25) is 0 Å². The summed E-state index contributed by atoms with van der Waals surface area (Å²) in [6.45, 7) is 8.82. The second-order valence-electron chi connectivity index (χ2n) is 3.80. The maximum Gasteiger partial charge on any atom is 0.0684 e. The molecule has 2 heteroatoms. The number of hydrogen-bond donors (Lipinski definition) is 0. The van der Waals surface area contributed by atoms with Crippen LogP contribution in [-0.4, -0.2) is 9.78 Å². The summed E-state index contributed by atoms with van der Waals surface area (Å²) in [5.41, 5.74) is 4.13. The number of aromatic nitrogens is 2. The second-order valence-corrected chi connectivity index (χ2v) is 3.80. The summed E-state index contributed by atoms with van der Waals surface area (Å²) < 4.78 is 2.04. The second kappa shape index (κ2) is 3.95. The third-order valence-electron chi connectivity index (χ3n) is 2.54. The fourth-order valence-corrected chi connectivity index (χ4v) is 1.92. The molecule has 0 aliphatic heterocycles. The molecule has 1 aromatic rings. The molecule has 0 saturated heterocycles. The highest BCUT2D eigenvalue weighted by Crippen LogP contribution is 2.22. The highest BCUT2D eigenvalue weighted by molar-refractivity contribution is 5.28. The van der Waals surface area contributed by atoms with Gasteiger partial charge in [-0.15, -0.1) is 0 Å². The molecule has 13 heavy (non-hydrogen) atoms. The highest BCUT2D eigenvalue weighted by atomic mass is 15.3. The molecule has 0 atom stereocenters. The third-order valence-corrected chi connectivity index (χ3v) is 2.54. The first-order chi connectivity index (χ1) is 6.11. The molecule has 0 unspecified atom stereocenters. The average Bonchev–Trinajstić information content (AvgIpc) is 2.41. The molecule has 0 spiro atoms. The molecule has 1 aromatic heterocycles. The van der Waals surface area contributed by atoms with Gasteiger partial charge >= 0.3 is 0 Å². The van der Waals surface area contributed by atoms with Crippen LogP contribution < -0.4 is 0 Å². The smallest absolute Gasteiger partial charge is 0.0684 e. The first-order valence-electron chi connectivity index (χ1n) is 5.16.